The topological polar surface area (TPSA) is 70.7 Å². The number of ether oxygens (including phenoxy) is 1. The molecule has 3 rings (SSSR count). The van der Waals surface area contributed by atoms with Crippen LogP contribution in [0.3, 0.4) is 0 Å². The fourth-order valence-corrected chi connectivity index (χ4v) is 2.63. The van der Waals surface area contributed by atoms with Crippen molar-refractivity contribution in [3.8, 4) is 5.75 Å². The van der Waals surface area contributed by atoms with Gasteiger partial charge in [0.25, 0.3) is 5.91 Å². The van der Waals surface area contributed by atoms with E-state index in [1.54, 1.807) is 0 Å². The summed E-state index contributed by atoms with van der Waals surface area (Å²) in [6.45, 7) is 1.82. The molecular weight excluding hydrogens is 258 g/mol. The van der Waals surface area contributed by atoms with Crippen LogP contribution in [0.1, 0.15) is 6.42 Å². The van der Waals surface area contributed by atoms with Crippen molar-refractivity contribution in [1.82, 2.24) is 15.5 Å². The maximum absolute atomic E-state index is 12.3. The molecule has 2 heterocycles. The van der Waals surface area contributed by atoms with Crippen LogP contribution in [0.25, 0.3) is 0 Å². The van der Waals surface area contributed by atoms with Crippen LogP contribution in [0.15, 0.2) is 30.3 Å². The molecule has 1 aromatic carbocycles. The molecule has 0 radical (unpaired) electrons. The quantitative estimate of drug-likeness (QED) is 0.778. The Morgan fingerprint density at radius 1 is 1.25 bits per heavy atom. The summed E-state index contributed by atoms with van der Waals surface area (Å²) in [5.41, 5.74) is -0.732. The zero-order chi connectivity index (χ0) is 14.0. The maximum Gasteiger partial charge on any atom is 0.325 e. The first-order valence-electron chi connectivity index (χ1n) is 6.74. The summed E-state index contributed by atoms with van der Waals surface area (Å²) in [4.78, 5) is 25.5. The minimum Gasteiger partial charge on any atom is -0.492 e. The van der Waals surface area contributed by atoms with Crippen LogP contribution in [0, 0.1) is 0 Å². The highest BCUT2D eigenvalue weighted by Crippen LogP contribution is 2.24. The lowest BCUT2D eigenvalue weighted by Gasteiger charge is -2.19. The van der Waals surface area contributed by atoms with E-state index in [0.29, 0.717) is 19.6 Å². The molecule has 106 valence electrons. The number of nitrogens with one attached hydrogen (secondary N) is 2. The van der Waals surface area contributed by atoms with Crippen molar-refractivity contribution in [3.63, 3.8) is 0 Å². The molecule has 0 aliphatic carbocycles. The molecule has 0 bridgehead atoms. The predicted molar refractivity (Wildman–Crippen MR) is 72.4 cm³/mol. The minimum atomic E-state index is -0.732. The van der Waals surface area contributed by atoms with Gasteiger partial charge in [0.1, 0.15) is 17.9 Å². The second-order valence-electron chi connectivity index (χ2n) is 5.06. The molecule has 0 saturated carbocycles. The van der Waals surface area contributed by atoms with Gasteiger partial charge in [-0.15, -0.1) is 0 Å². The van der Waals surface area contributed by atoms with E-state index in [9.17, 15) is 9.59 Å². The van der Waals surface area contributed by atoms with Crippen molar-refractivity contribution >= 4 is 11.9 Å². The number of imide groups is 1. The van der Waals surface area contributed by atoms with E-state index >= 15 is 0 Å². The summed E-state index contributed by atoms with van der Waals surface area (Å²) >= 11 is 0. The van der Waals surface area contributed by atoms with Crippen molar-refractivity contribution in [2.75, 3.05) is 26.2 Å². The monoisotopic (exact) mass is 275 g/mol. The Morgan fingerprint density at radius 3 is 2.75 bits per heavy atom. The van der Waals surface area contributed by atoms with Gasteiger partial charge in [0, 0.05) is 6.54 Å². The highest BCUT2D eigenvalue weighted by atomic mass is 16.5. The van der Waals surface area contributed by atoms with E-state index in [2.05, 4.69) is 10.6 Å². The number of hydrogen-bond acceptors (Lipinski definition) is 4. The van der Waals surface area contributed by atoms with Crippen LogP contribution in [0.5, 0.6) is 5.75 Å². The van der Waals surface area contributed by atoms with Crippen LogP contribution < -0.4 is 15.4 Å². The average Bonchev–Trinajstić information content (AvgIpc) is 3.01. The van der Waals surface area contributed by atoms with Crippen molar-refractivity contribution < 1.29 is 14.3 Å². The summed E-state index contributed by atoms with van der Waals surface area (Å²) < 4.78 is 5.53. The molecule has 2 saturated heterocycles. The minimum absolute atomic E-state index is 0.149. The molecule has 2 N–H and O–H groups in total. The zero-order valence-corrected chi connectivity index (χ0v) is 11.1. The summed E-state index contributed by atoms with van der Waals surface area (Å²) in [5.74, 6) is 0.584. The van der Waals surface area contributed by atoms with E-state index in [4.69, 9.17) is 4.74 Å². The third-order valence-electron chi connectivity index (χ3n) is 3.73. The molecule has 6 nitrogen and oxygen atoms in total. The lowest BCUT2D eigenvalue weighted by molar-refractivity contribution is -0.130. The normalized spacial score (nSPS) is 25.3. The third-order valence-corrected chi connectivity index (χ3v) is 3.73. The van der Waals surface area contributed by atoms with Gasteiger partial charge in [0.2, 0.25) is 0 Å². The Hall–Kier alpha value is -2.08. The number of nitrogens with zero attached hydrogens (tertiary/aromatic N) is 1. The SMILES string of the molecule is O=C1NC2(CCNC2)C(=O)N1CCOc1ccccc1. The molecule has 2 fully saturated rings. The lowest BCUT2D eigenvalue weighted by Crippen LogP contribution is -2.48. The fraction of sp³-hybridized carbons (Fsp3) is 0.429. The molecule has 0 aromatic heterocycles. The van der Waals surface area contributed by atoms with Gasteiger partial charge in [-0.3, -0.25) is 9.69 Å². The Bertz CT molecular complexity index is 512. The second kappa shape index (κ2) is 5.13. The molecule has 1 aromatic rings. The van der Waals surface area contributed by atoms with E-state index in [1.807, 2.05) is 30.3 Å². The van der Waals surface area contributed by atoms with Crippen molar-refractivity contribution in [1.29, 1.82) is 0 Å². The number of hydrogen-bond donors (Lipinski definition) is 2. The number of urea groups is 1. The molecular formula is C14H17N3O3. The first-order valence-corrected chi connectivity index (χ1v) is 6.74. The van der Waals surface area contributed by atoms with Crippen LogP contribution in [-0.2, 0) is 4.79 Å². The lowest BCUT2D eigenvalue weighted by atomic mass is 9.99. The Balaban J connectivity index is 1.58. The maximum atomic E-state index is 12.3. The summed E-state index contributed by atoms with van der Waals surface area (Å²) in [6.07, 6.45) is 0.646. The van der Waals surface area contributed by atoms with Crippen molar-refractivity contribution in [2.45, 2.75) is 12.0 Å². The standard InChI is InChI=1S/C14H17N3O3/c18-12-14(6-7-15-10-14)16-13(19)17(12)8-9-20-11-4-2-1-3-5-11/h1-5,15H,6-10H2,(H,16,19). The number of carbonyl (C=O) groups is 2. The molecule has 2 aliphatic heterocycles. The van der Waals surface area contributed by atoms with Crippen LogP contribution in [0.4, 0.5) is 4.79 Å². The molecule has 1 spiro atoms. The van der Waals surface area contributed by atoms with Gasteiger partial charge in [-0.1, -0.05) is 18.2 Å². The molecule has 3 amide bonds. The summed E-state index contributed by atoms with van der Waals surface area (Å²) in [5, 5.41) is 5.91. The molecule has 6 heteroatoms. The van der Waals surface area contributed by atoms with E-state index in [-0.39, 0.29) is 18.5 Å². The Labute approximate surface area is 117 Å². The molecule has 1 unspecified atom stereocenters. The third kappa shape index (κ3) is 2.22. The van der Waals surface area contributed by atoms with Crippen LogP contribution >= 0.6 is 0 Å². The number of amides is 3. The summed E-state index contributed by atoms with van der Waals surface area (Å²) in [6, 6.07) is 9.02. The van der Waals surface area contributed by atoms with Crippen LogP contribution in [-0.4, -0.2) is 48.6 Å². The molecule has 20 heavy (non-hydrogen) atoms. The van der Waals surface area contributed by atoms with Crippen molar-refractivity contribution in [2.24, 2.45) is 0 Å². The van der Waals surface area contributed by atoms with Crippen LogP contribution in [0.2, 0.25) is 0 Å². The summed E-state index contributed by atoms with van der Waals surface area (Å²) in [7, 11) is 0. The van der Waals surface area contributed by atoms with E-state index in [0.717, 1.165) is 12.3 Å². The van der Waals surface area contributed by atoms with E-state index in [1.165, 1.54) is 4.90 Å². The first kappa shape index (κ1) is 12.9. The second-order valence-corrected chi connectivity index (χ2v) is 5.06. The number of para-hydroxylation sites is 1. The largest absolute Gasteiger partial charge is 0.492 e. The van der Waals surface area contributed by atoms with Gasteiger partial charge in [0.15, 0.2) is 0 Å². The van der Waals surface area contributed by atoms with Gasteiger partial charge < -0.3 is 15.4 Å². The highest BCUT2D eigenvalue weighted by Gasteiger charge is 2.52. The van der Waals surface area contributed by atoms with Gasteiger partial charge in [-0.05, 0) is 25.1 Å². The van der Waals surface area contributed by atoms with Gasteiger partial charge in [-0.25, -0.2) is 4.79 Å². The predicted octanol–water partition coefficient (Wildman–Crippen LogP) is 0.349. The van der Waals surface area contributed by atoms with Gasteiger partial charge in [-0.2, -0.15) is 0 Å². The zero-order valence-electron chi connectivity index (χ0n) is 11.1. The fourth-order valence-electron chi connectivity index (χ4n) is 2.63. The van der Waals surface area contributed by atoms with Gasteiger partial charge in [0.05, 0.1) is 6.54 Å². The van der Waals surface area contributed by atoms with Crippen molar-refractivity contribution in [3.05, 3.63) is 30.3 Å². The van der Waals surface area contributed by atoms with Gasteiger partial charge >= 0.3 is 6.03 Å². The number of carbonyl (C=O) groups excluding carboxylic acids is 2. The highest BCUT2D eigenvalue weighted by molar-refractivity contribution is 6.07. The average molecular weight is 275 g/mol. The molecule has 1 atom stereocenters. The first-order chi connectivity index (χ1) is 9.71. The smallest absolute Gasteiger partial charge is 0.325 e. The molecule has 2 aliphatic rings. The van der Waals surface area contributed by atoms with E-state index < -0.39 is 5.54 Å². The Morgan fingerprint density at radius 2 is 2.05 bits per heavy atom. The number of benzene rings is 1. The Kier molecular flexibility index (Phi) is 3.31. The number of rotatable bonds is 4.